The molecule has 1 saturated heterocycles. The molecule has 1 unspecified atom stereocenters. The van der Waals surface area contributed by atoms with Crippen LogP contribution >= 0.6 is 0 Å². The zero-order chi connectivity index (χ0) is 14.8. The normalized spacial score (nSPS) is 18.0. The van der Waals surface area contributed by atoms with E-state index in [0.717, 1.165) is 25.5 Å². The Balaban J connectivity index is 1.36. The van der Waals surface area contributed by atoms with Crippen molar-refractivity contribution in [3.05, 3.63) is 42.5 Å². The van der Waals surface area contributed by atoms with Crippen LogP contribution in [0.4, 0.5) is 11.5 Å². The van der Waals surface area contributed by atoms with E-state index in [1.165, 1.54) is 16.7 Å². The summed E-state index contributed by atoms with van der Waals surface area (Å²) in [5.74, 6) is 1.42. The predicted octanol–water partition coefficient (Wildman–Crippen LogP) is 1.46. The molecule has 0 radical (unpaired) electrons. The number of tetrazole rings is 1. The largest absolute Gasteiger partial charge is 0.371 e. The summed E-state index contributed by atoms with van der Waals surface area (Å²) in [6, 6.07) is 14.3. The fraction of sp³-hybridized carbons (Fsp3) is 0.333. The van der Waals surface area contributed by atoms with Crippen molar-refractivity contribution in [3.8, 4) is 0 Å². The van der Waals surface area contributed by atoms with Crippen LogP contribution < -0.4 is 10.2 Å². The first-order valence-corrected chi connectivity index (χ1v) is 7.48. The van der Waals surface area contributed by atoms with E-state index in [4.69, 9.17) is 0 Å². The van der Waals surface area contributed by atoms with E-state index in [1.54, 1.807) is 0 Å². The number of nitrogens with zero attached hydrogens (tertiary/aromatic N) is 6. The third kappa shape index (κ3) is 2.57. The molecule has 0 saturated carbocycles. The van der Waals surface area contributed by atoms with Gasteiger partial charge in [0.2, 0.25) is 0 Å². The quantitative estimate of drug-likeness (QED) is 0.785. The van der Waals surface area contributed by atoms with Crippen LogP contribution in [0.3, 0.4) is 0 Å². The third-order valence-electron chi connectivity index (χ3n) is 4.05. The maximum Gasteiger partial charge on any atom is 0.200 e. The van der Waals surface area contributed by atoms with E-state index in [2.05, 4.69) is 61.2 Å². The molecule has 112 valence electrons. The van der Waals surface area contributed by atoms with Crippen molar-refractivity contribution in [3.63, 3.8) is 0 Å². The maximum absolute atomic E-state index is 4.33. The molecule has 0 aliphatic carbocycles. The molecule has 0 spiro atoms. The van der Waals surface area contributed by atoms with Crippen LogP contribution in [-0.2, 0) is 0 Å². The van der Waals surface area contributed by atoms with Crippen LogP contribution in [-0.4, -0.2) is 44.9 Å². The van der Waals surface area contributed by atoms with E-state index in [0.29, 0.717) is 11.6 Å². The van der Waals surface area contributed by atoms with Gasteiger partial charge < -0.3 is 10.2 Å². The molecule has 2 aromatic heterocycles. The summed E-state index contributed by atoms with van der Waals surface area (Å²) in [5.41, 5.74) is 1.96. The minimum atomic E-state index is 0.617. The molecule has 22 heavy (non-hydrogen) atoms. The molecule has 3 heterocycles. The fourth-order valence-corrected chi connectivity index (χ4v) is 2.87. The zero-order valence-corrected chi connectivity index (χ0v) is 12.1. The highest BCUT2D eigenvalue weighted by Gasteiger charge is 2.22. The third-order valence-corrected chi connectivity index (χ3v) is 4.05. The summed E-state index contributed by atoms with van der Waals surface area (Å²) in [6.45, 7) is 3.09. The minimum Gasteiger partial charge on any atom is -0.371 e. The second kappa shape index (κ2) is 5.59. The van der Waals surface area contributed by atoms with Gasteiger partial charge in [-0.1, -0.05) is 18.2 Å². The summed E-state index contributed by atoms with van der Waals surface area (Å²) in [7, 11) is 0. The molecule has 1 fully saturated rings. The lowest BCUT2D eigenvalue weighted by Crippen LogP contribution is -2.22. The van der Waals surface area contributed by atoms with Crippen LogP contribution in [0.15, 0.2) is 42.5 Å². The van der Waals surface area contributed by atoms with Gasteiger partial charge in [-0.05, 0) is 47.0 Å². The van der Waals surface area contributed by atoms with Gasteiger partial charge in [-0.3, -0.25) is 0 Å². The van der Waals surface area contributed by atoms with E-state index in [9.17, 15) is 0 Å². The Morgan fingerprint density at radius 2 is 2.05 bits per heavy atom. The highest BCUT2D eigenvalue weighted by molar-refractivity contribution is 5.47. The lowest BCUT2D eigenvalue weighted by atomic mass is 10.1. The standard InChI is InChI=1S/C15H17N7/c1-2-4-13(5-3-1)21-9-8-12(11-21)10-16-14-6-7-15-17-19-20-22(15)18-14/h1-7,12H,8-11H2,(H,16,18). The molecular formula is C15H17N7. The van der Waals surface area contributed by atoms with Gasteiger partial charge in [-0.2, -0.15) is 0 Å². The van der Waals surface area contributed by atoms with Gasteiger partial charge in [0.05, 0.1) is 0 Å². The van der Waals surface area contributed by atoms with Crippen molar-refractivity contribution < 1.29 is 0 Å². The molecule has 1 aliphatic rings. The molecule has 1 aliphatic heterocycles. The number of hydrogen-bond donors (Lipinski definition) is 1. The van der Waals surface area contributed by atoms with Crippen LogP contribution in [0, 0.1) is 5.92 Å². The summed E-state index contributed by atoms with van der Waals surface area (Å²) in [4.78, 5) is 2.43. The molecule has 4 rings (SSSR count). The summed E-state index contributed by atoms with van der Waals surface area (Å²) in [6.07, 6.45) is 1.19. The van der Waals surface area contributed by atoms with Gasteiger partial charge in [0.15, 0.2) is 5.65 Å². The summed E-state index contributed by atoms with van der Waals surface area (Å²) in [5, 5.41) is 19.0. The molecule has 7 nitrogen and oxygen atoms in total. The average Bonchev–Trinajstić information content (AvgIpc) is 3.22. The van der Waals surface area contributed by atoms with Crippen molar-refractivity contribution in [2.24, 2.45) is 5.92 Å². The van der Waals surface area contributed by atoms with Crippen LogP contribution in [0.5, 0.6) is 0 Å². The van der Waals surface area contributed by atoms with Crippen LogP contribution in [0.1, 0.15) is 6.42 Å². The van der Waals surface area contributed by atoms with E-state index < -0.39 is 0 Å². The van der Waals surface area contributed by atoms with Crippen molar-refractivity contribution in [1.29, 1.82) is 0 Å². The molecule has 7 heteroatoms. The Kier molecular flexibility index (Phi) is 3.30. The average molecular weight is 295 g/mol. The van der Waals surface area contributed by atoms with Gasteiger partial charge in [0, 0.05) is 25.3 Å². The lowest BCUT2D eigenvalue weighted by Gasteiger charge is -2.18. The summed E-state index contributed by atoms with van der Waals surface area (Å²) < 4.78 is 1.44. The fourth-order valence-electron chi connectivity index (χ4n) is 2.87. The monoisotopic (exact) mass is 295 g/mol. The highest BCUT2D eigenvalue weighted by Crippen LogP contribution is 2.23. The van der Waals surface area contributed by atoms with E-state index in [1.807, 2.05) is 12.1 Å². The van der Waals surface area contributed by atoms with Gasteiger partial charge >= 0.3 is 0 Å². The first kappa shape index (κ1) is 13.0. The molecule has 0 amide bonds. The Hall–Kier alpha value is -2.70. The number of anilines is 2. The maximum atomic E-state index is 4.33. The van der Waals surface area contributed by atoms with Gasteiger partial charge in [0.1, 0.15) is 5.82 Å². The first-order chi connectivity index (χ1) is 10.9. The molecule has 3 aromatic rings. The number of rotatable bonds is 4. The van der Waals surface area contributed by atoms with E-state index in [-0.39, 0.29) is 0 Å². The Morgan fingerprint density at radius 1 is 1.14 bits per heavy atom. The number of para-hydroxylation sites is 1. The predicted molar refractivity (Wildman–Crippen MR) is 83.8 cm³/mol. The van der Waals surface area contributed by atoms with Crippen LogP contribution in [0.25, 0.3) is 5.65 Å². The van der Waals surface area contributed by atoms with Crippen molar-refractivity contribution in [1.82, 2.24) is 25.3 Å². The van der Waals surface area contributed by atoms with Crippen LogP contribution in [0.2, 0.25) is 0 Å². The topological polar surface area (TPSA) is 71.2 Å². The Morgan fingerprint density at radius 3 is 2.95 bits per heavy atom. The number of fused-ring (bicyclic) bond motifs is 1. The number of nitrogens with one attached hydrogen (secondary N) is 1. The van der Waals surface area contributed by atoms with E-state index >= 15 is 0 Å². The second-order valence-corrected chi connectivity index (χ2v) is 5.56. The van der Waals surface area contributed by atoms with Crippen molar-refractivity contribution >= 4 is 17.2 Å². The molecule has 1 N–H and O–H groups in total. The number of hydrogen-bond acceptors (Lipinski definition) is 6. The highest BCUT2D eigenvalue weighted by atomic mass is 15.6. The smallest absolute Gasteiger partial charge is 0.200 e. The molecule has 1 atom stereocenters. The first-order valence-electron chi connectivity index (χ1n) is 7.48. The van der Waals surface area contributed by atoms with Gasteiger partial charge in [0.25, 0.3) is 0 Å². The van der Waals surface area contributed by atoms with Crippen molar-refractivity contribution in [2.75, 3.05) is 29.9 Å². The number of benzene rings is 1. The van der Waals surface area contributed by atoms with Gasteiger partial charge in [-0.15, -0.1) is 14.8 Å². The SMILES string of the molecule is c1ccc(N2CCC(CNc3ccc4nnnn4n3)C2)cc1. The minimum absolute atomic E-state index is 0.617. The molecular weight excluding hydrogens is 278 g/mol. The molecule has 0 bridgehead atoms. The zero-order valence-electron chi connectivity index (χ0n) is 12.1. The van der Waals surface area contributed by atoms with Crippen molar-refractivity contribution in [2.45, 2.75) is 6.42 Å². The lowest BCUT2D eigenvalue weighted by molar-refractivity contribution is 0.618. The Bertz CT molecular complexity index is 755. The summed E-state index contributed by atoms with van der Waals surface area (Å²) >= 11 is 0. The number of aromatic nitrogens is 5. The van der Waals surface area contributed by atoms with Gasteiger partial charge in [-0.25, -0.2) is 0 Å². The molecule has 1 aromatic carbocycles. The Labute approximate surface area is 127 Å². The second-order valence-electron chi connectivity index (χ2n) is 5.56.